The SMILES string of the molecule is CC(=O)c1cccc(N2CC3CC2CN3C)c1. The quantitative estimate of drug-likeness (QED) is 0.724. The molecule has 2 aliphatic heterocycles. The van der Waals surface area contributed by atoms with Crippen LogP contribution >= 0.6 is 0 Å². The molecule has 0 spiro atoms. The van der Waals surface area contributed by atoms with Crippen molar-refractivity contribution in [3.8, 4) is 0 Å². The van der Waals surface area contributed by atoms with E-state index in [0.717, 1.165) is 18.7 Å². The molecule has 3 heteroatoms. The van der Waals surface area contributed by atoms with Crippen LogP contribution in [0.1, 0.15) is 23.7 Å². The van der Waals surface area contributed by atoms with Gasteiger partial charge in [0.05, 0.1) is 0 Å². The predicted molar refractivity (Wildman–Crippen MR) is 68.6 cm³/mol. The van der Waals surface area contributed by atoms with E-state index in [1.807, 2.05) is 18.2 Å². The number of Topliss-reactive ketones (excluding diaryl/α,β-unsaturated/α-hetero) is 1. The summed E-state index contributed by atoms with van der Waals surface area (Å²) in [6.45, 7) is 3.88. The van der Waals surface area contributed by atoms with Gasteiger partial charge in [-0.25, -0.2) is 0 Å². The van der Waals surface area contributed by atoms with E-state index in [4.69, 9.17) is 0 Å². The summed E-state index contributed by atoms with van der Waals surface area (Å²) in [5.74, 6) is 0.147. The van der Waals surface area contributed by atoms with Crippen molar-refractivity contribution in [2.75, 3.05) is 25.0 Å². The number of hydrogen-bond acceptors (Lipinski definition) is 3. The lowest BCUT2D eigenvalue weighted by Gasteiger charge is -2.33. The summed E-state index contributed by atoms with van der Waals surface area (Å²) >= 11 is 0. The third-order valence-electron chi connectivity index (χ3n) is 4.10. The number of benzene rings is 1. The van der Waals surface area contributed by atoms with Crippen LogP contribution in [0.5, 0.6) is 0 Å². The topological polar surface area (TPSA) is 23.6 Å². The second kappa shape index (κ2) is 3.84. The summed E-state index contributed by atoms with van der Waals surface area (Å²) in [6.07, 6.45) is 1.26. The number of ketones is 1. The zero-order valence-corrected chi connectivity index (χ0v) is 10.4. The van der Waals surface area contributed by atoms with E-state index in [2.05, 4.69) is 22.9 Å². The first kappa shape index (κ1) is 10.8. The van der Waals surface area contributed by atoms with Crippen LogP contribution in [0.25, 0.3) is 0 Å². The van der Waals surface area contributed by atoms with Crippen molar-refractivity contribution in [2.24, 2.45) is 0 Å². The van der Waals surface area contributed by atoms with Gasteiger partial charge >= 0.3 is 0 Å². The van der Waals surface area contributed by atoms with E-state index >= 15 is 0 Å². The Morgan fingerprint density at radius 1 is 1.29 bits per heavy atom. The molecule has 1 aromatic carbocycles. The number of piperazine rings is 1. The maximum atomic E-state index is 11.4. The molecule has 2 heterocycles. The molecule has 2 bridgehead atoms. The molecule has 2 atom stereocenters. The summed E-state index contributed by atoms with van der Waals surface area (Å²) in [5, 5.41) is 0. The number of carbonyl (C=O) groups is 1. The van der Waals surface area contributed by atoms with Gasteiger partial charge in [-0.15, -0.1) is 0 Å². The van der Waals surface area contributed by atoms with Crippen LogP contribution in [0.3, 0.4) is 0 Å². The molecule has 1 aromatic rings. The molecular formula is C14H18N2O. The molecule has 2 saturated heterocycles. The van der Waals surface area contributed by atoms with Gasteiger partial charge in [-0.1, -0.05) is 12.1 Å². The molecule has 0 saturated carbocycles. The van der Waals surface area contributed by atoms with E-state index in [0.29, 0.717) is 12.1 Å². The molecule has 0 amide bonds. The number of hydrogen-bond donors (Lipinski definition) is 0. The van der Waals surface area contributed by atoms with E-state index in [9.17, 15) is 4.79 Å². The number of likely N-dealkylation sites (N-methyl/N-ethyl adjacent to an activating group) is 1. The predicted octanol–water partition coefficient (Wildman–Crippen LogP) is 1.78. The number of rotatable bonds is 2. The summed E-state index contributed by atoms with van der Waals surface area (Å²) in [7, 11) is 2.20. The fourth-order valence-electron chi connectivity index (χ4n) is 3.09. The van der Waals surface area contributed by atoms with E-state index < -0.39 is 0 Å². The molecule has 0 aromatic heterocycles. The maximum absolute atomic E-state index is 11.4. The van der Waals surface area contributed by atoms with Crippen LogP contribution in [0.4, 0.5) is 5.69 Å². The molecule has 90 valence electrons. The molecule has 2 unspecified atom stereocenters. The summed E-state index contributed by atoms with van der Waals surface area (Å²) < 4.78 is 0. The number of anilines is 1. The minimum absolute atomic E-state index is 0.147. The average molecular weight is 230 g/mol. The highest BCUT2D eigenvalue weighted by Crippen LogP contribution is 2.33. The Balaban J connectivity index is 1.86. The minimum atomic E-state index is 0.147. The van der Waals surface area contributed by atoms with Gasteiger partial charge in [0.15, 0.2) is 5.78 Å². The van der Waals surface area contributed by atoms with Gasteiger partial charge in [0.25, 0.3) is 0 Å². The van der Waals surface area contributed by atoms with Crippen molar-refractivity contribution >= 4 is 11.5 Å². The first-order valence-corrected chi connectivity index (χ1v) is 6.23. The lowest BCUT2D eigenvalue weighted by atomic mass is 10.1. The van der Waals surface area contributed by atoms with E-state index in [1.54, 1.807) is 6.92 Å². The Morgan fingerprint density at radius 3 is 2.71 bits per heavy atom. The lowest BCUT2D eigenvalue weighted by Crippen LogP contribution is -2.44. The largest absolute Gasteiger partial charge is 0.366 e. The zero-order chi connectivity index (χ0) is 12.0. The van der Waals surface area contributed by atoms with Crippen LogP contribution in [0, 0.1) is 0 Å². The minimum Gasteiger partial charge on any atom is -0.366 e. The van der Waals surface area contributed by atoms with E-state index in [-0.39, 0.29) is 5.78 Å². The van der Waals surface area contributed by atoms with Crippen LogP contribution < -0.4 is 4.90 Å². The van der Waals surface area contributed by atoms with E-state index in [1.165, 1.54) is 12.1 Å². The van der Waals surface area contributed by atoms with Gasteiger partial charge in [-0.2, -0.15) is 0 Å². The van der Waals surface area contributed by atoms with Gasteiger partial charge in [0.2, 0.25) is 0 Å². The van der Waals surface area contributed by atoms with Gasteiger partial charge in [0, 0.05) is 36.4 Å². The highest BCUT2D eigenvalue weighted by atomic mass is 16.1. The second-order valence-corrected chi connectivity index (χ2v) is 5.24. The Bertz CT molecular complexity index is 455. The Kier molecular flexibility index (Phi) is 2.44. The van der Waals surface area contributed by atoms with Crippen LogP contribution in [0.15, 0.2) is 24.3 Å². The van der Waals surface area contributed by atoms with Gasteiger partial charge in [-0.05, 0) is 32.5 Å². The fraction of sp³-hybridized carbons (Fsp3) is 0.500. The molecule has 0 aliphatic carbocycles. The van der Waals surface area contributed by atoms with Gasteiger partial charge in [0.1, 0.15) is 0 Å². The standard InChI is InChI=1S/C14H18N2O/c1-10(17)11-4-3-5-12(6-11)16-9-13-7-14(16)8-15(13)2/h3-6,13-14H,7-9H2,1-2H3. The Labute approximate surface area is 102 Å². The first-order chi connectivity index (χ1) is 8.15. The summed E-state index contributed by atoms with van der Waals surface area (Å²) in [5.41, 5.74) is 2.02. The highest BCUT2D eigenvalue weighted by Gasteiger charge is 2.41. The normalized spacial score (nSPS) is 27.8. The number of fused-ring (bicyclic) bond motifs is 2. The van der Waals surface area contributed by atoms with Crippen molar-refractivity contribution in [3.63, 3.8) is 0 Å². The van der Waals surface area contributed by atoms with Crippen molar-refractivity contribution in [3.05, 3.63) is 29.8 Å². The molecule has 0 radical (unpaired) electrons. The maximum Gasteiger partial charge on any atom is 0.159 e. The summed E-state index contributed by atoms with van der Waals surface area (Å²) in [4.78, 5) is 16.3. The zero-order valence-electron chi connectivity index (χ0n) is 10.4. The fourth-order valence-corrected chi connectivity index (χ4v) is 3.09. The van der Waals surface area contributed by atoms with Crippen molar-refractivity contribution in [1.82, 2.24) is 4.90 Å². The second-order valence-electron chi connectivity index (χ2n) is 5.24. The third kappa shape index (κ3) is 1.75. The van der Waals surface area contributed by atoms with Gasteiger partial charge in [-0.3, -0.25) is 9.69 Å². The molecule has 2 fully saturated rings. The lowest BCUT2D eigenvalue weighted by molar-refractivity contribution is 0.101. The van der Waals surface area contributed by atoms with Crippen molar-refractivity contribution in [1.29, 1.82) is 0 Å². The monoisotopic (exact) mass is 230 g/mol. The van der Waals surface area contributed by atoms with Crippen LogP contribution in [-0.4, -0.2) is 42.9 Å². The number of nitrogens with zero attached hydrogens (tertiary/aromatic N) is 2. The Morgan fingerprint density at radius 2 is 2.12 bits per heavy atom. The number of likely N-dealkylation sites (tertiary alicyclic amines) is 1. The molecule has 2 aliphatic rings. The molecule has 17 heavy (non-hydrogen) atoms. The Hall–Kier alpha value is -1.35. The van der Waals surface area contributed by atoms with Crippen molar-refractivity contribution in [2.45, 2.75) is 25.4 Å². The molecule has 0 N–H and O–H groups in total. The number of carbonyl (C=O) groups excluding carboxylic acids is 1. The van der Waals surface area contributed by atoms with Crippen molar-refractivity contribution < 1.29 is 4.79 Å². The average Bonchev–Trinajstić information content (AvgIpc) is 2.87. The summed E-state index contributed by atoms with van der Waals surface area (Å²) in [6, 6.07) is 9.36. The molecule has 3 rings (SSSR count). The first-order valence-electron chi connectivity index (χ1n) is 6.23. The molecular weight excluding hydrogens is 212 g/mol. The third-order valence-corrected chi connectivity index (χ3v) is 4.10. The molecule has 3 nitrogen and oxygen atoms in total. The van der Waals surface area contributed by atoms with Gasteiger partial charge < -0.3 is 4.90 Å². The van der Waals surface area contributed by atoms with Crippen LogP contribution in [0.2, 0.25) is 0 Å². The smallest absolute Gasteiger partial charge is 0.159 e. The highest BCUT2D eigenvalue weighted by molar-refractivity contribution is 5.95. The van der Waals surface area contributed by atoms with Crippen LogP contribution in [-0.2, 0) is 0 Å².